The van der Waals surface area contributed by atoms with Gasteiger partial charge in [0.25, 0.3) is 0 Å². The van der Waals surface area contributed by atoms with E-state index in [1.807, 2.05) is 6.07 Å². The third-order valence-corrected chi connectivity index (χ3v) is 4.14. The molecule has 0 spiro atoms. The van der Waals surface area contributed by atoms with Crippen LogP contribution in [0, 0.1) is 11.8 Å². The van der Waals surface area contributed by atoms with Crippen molar-refractivity contribution in [2.75, 3.05) is 7.11 Å². The quantitative estimate of drug-likeness (QED) is 0.802. The predicted molar refractivity (Wildman–Crippen MR) is 70.8 cm³/mol. The van der Waals surface area contributed by atoms with Gasteiger partial charge in [-0.2, -0.15) is 0 Å². The van der Waals surface area contributed by atoms with Crippen molar-refractivity contribution in [3.63, 3.8) is 0 Å². The van der Waals surface area contributed by atoms with Crippen LogP contribution >= 0.6 is 0 Å². The monoisotopic (exact) mass is 263 g/mol. The largest absolute Gasteiger partial charge is 0.463 e. The number of methoxy groups -OCH3 is 1. The zero-order chi connectivity index (χ0) is 13.4. The molecule has 2 saturated carbocycles. The van der Waals surface area contributed by atoms with E-state index in [2.05, 4.69) is 17.0 Å². The summed E-state index contributed by atoms with van der Waals surface area (Å²) in [6.45, 7) is 2.09. The molecule has 2 aliphatic carbocycles. The summed E-state index contributed by atoms with van der Waals surface area (Å²) in [5.74, 6) is 2.38. The van der Waals surface area contributed by atoms with E-state index >= 15 is 0 Å². The number of carbonyl (C=O) groups excluding carboxylic acids is 1. The van der Waals surface area contributed by atoms with Gasteiger partial charge in [0, 0.05) is 6.04 Å². The lowest BCUT2D eigenvalue weighted by Crippen LogP contribution is -2.35. The van der Waals surface area contributed by atoms with E-state index in [9.17, 15) is 4.79 Å². The first-order valence-corrected chi connectivity index (χ1v) is 7.13. The molecule has 1 N–H and O–H groups in total. The molecular weight excluding hydrogens is 242 g/mol. The summed E-state index contributed by atoms with van der Waals surface area (Å²) in [5, 5.41) is 3.68. The molecule has 0 amide bonds. The topological polar surface area (TPSA) is 51.5 Å². The van der Waals surface area contributed by atoms with Crippen LogP contribution in [0.3, 0.4) is 0 Å². The van der Waals surface area contributed by atoms with Crippen molar-refractivity contribution in [1.82, 2.24) is 5.32 Å². The normalized spacial score (nSPS) is 20.6. The zero-order valence-electron chi connectivity index (χ0n) is 11.5. The Morgan fingerprint density at radius 3 is 2.47 bits per heavy atom. The third-order valence-electron chi connectivity index (χ3n) is 4.14. The summed E-state index contributed by atoms with van der Waals surface area (Å²) in [4.78, 5) is 11.4. The predicted octanol–water partition coefficient (Wildman–Crippen LogP) is 2.91. The number of carbonyl (C=O) groups is 1. The van der Waals surface area contributed by atoms with E-state index < -0.39 is 5.97 Å². The van der Waals surface area contributed by atoms with Crippen LogP contribution in [0.15, 0.2) is 16.5 Å². The fourth-order valence-electron chi connectivity index (χ4n) is 2.73. The molecule has 0 radical (unpaired) electrons. The van der Waals surface area contributed by atoms with Crippen LogP contribution in [0.1, 0.15) is 55.0 Å². The van der Waals surface area contributed by atoms with Crippen molar-refractivity contribution in [2.45, 2.75) is 44.7 Å². The van der Waals surface area contributed by atoms with Crippen LogP contribution in [0.25, 0.3) is 0 Å². The molecule has 2 fully saturated rings. The Hall–Kier alpha value is -1.29. The van der Waals surface area contributed by atoms with Gasteiger partial charge in [0.05, 0.1) is 13.2 Å². The third kappa shape index (κ3) is 2.84. The van der Waals surface area contributed by atoms with Crippen LogP contribution in [-0.4, -0.2) is 19.1 Å². The highest BCUT2D eigenvalue weighted by Gasteiger charge is 2.42. The number of hydrogen-bond donors (Lipinski definition) is 1. The summed E-state index contributed by atoms with van der Waals surface area (Å²) < 4.78 is 10.2. The lowest BCUT2D eigenvalue weighted by Gasteiger charge is -2.21. The summed E-state index contributed by atoms with van der Waals surface area (Å²) in [5.41, 5.74) is 0. The highest BCUT2D eigenvalue weighted by atomic mass is 16.5. The Bertz CT molecular complexity index is 448. The van der Waals surface area contributed by atoms with E-state index in [1.54, 1.807) is 6.07 Å². The summed E-state index contributed by atoms with van der Waals surface area (Å²) in [6.07, 6.45) is 5.41. The highest BCUT2D eigenvalue weighted by Crippen LogP contribution is 2.45. The zero-order valence-corrected chi connectivity index (χ0v) is 11.5. The first-order chi connectivity index (χ1) is 9.19. The molecular formula is C15H21NO3. The number of ether oxygens (including phenoxy) is 1. The molecule has 0 aromatic carbocycles. The molecule has 4 nitrogen and oxygen atoms in total. The van der Waals surface area contributed by atoms with Crippen molar-refractivity contribution in [3.8, 4) is 0 Å². The van der Waals surface area contributed by atoms with E-state index in [0.29, 0.717) is 6.04 Å². The van der Waals surface area contributed by atoms with Crippen molar-refractivity contribution in [3.05, 3.63) is 23.7 Å². The Morgan fingerprint density at radius 1 is 1.32 bits per heavy atom. The van der Waals surface area contributed by atoms with E-state index in [0.717, 1.165) is 17.6 Å². The second-order valence-electron chi connectivity index (χ2n) is 5.78. The van der Waals surface area contributed by atoms with Gasteiger partial charge in [-0.3, -0.25) is 0 Å². The van der Waals surface area contributed by atoms with Crippen molar-refractivity contribution < 1.29 is 13.9 Å². The first-order valence-electron chi connectivity index (χ1n) is 7.13. The van der Waals surface area contributed by atoms with Gasteiger partial charge >= 0.3 is 5.97 Å². The van der Waals surface area contributed by atoms with Gasteiger partial charge in [-0.15, -0.1) is 0 Å². The van der Waals surface area contributed by atoms with Gasteiger partial charge in [0.2, 0.25) is 5.76 Å². The molecule has 1 aromatic heterocycles. The fourth-order valence-corrected chi connectivity index (χ4v) is 2.73. The summed E-state index contributed by atoms with van der Waals surface area (Å²) in [6, 6.07) is 4.31. The van der Waals surface area contributed by atoms with Crippen LogP contribution in [0.4, 0.5) is 0 Å². The molecule has 0 saturated heterocycles. The minimum Gasteiger partial charge on any atom is -0.463 e. The van der Waals surface area contributed by atoms with E-state index in [-0.39, 0.29) is 11.8 Å². The maximum Gasteiger partial charge on any atom is 0.373 e. The molecule has 1 aromatic rings. The number of rotatable bonds is 6. The standard InChI is InChI=1S/C15H21NO3/c1-9(12-7-8-13(19-12)15(17)18-2)16-14(10-3-4-10)11-5-6-11/h7-11,14,16H,3-6H2,1-2H3. The Kier molecular flexibility index (Phi) is 3.35. The van der Waals surface area contributed by atoms with E-state index in [4.69, 9.17) is 4.42 Å². The molecule has 0 bridgehead atoms. The SMILES string of the molecule is COC(=O)c1ccc(C(C)NC(C2CC2)C2CC2)o1. The van der Waals surface area contributed by atoms with Gasteiger partial charge in [-0.05, 0) is 56.6 Å². The van der Waals surface area contributed by atoms with Crippen molar-refractivity contribution in [1.29, 1.82) is 0 Å². The number of nitrogens with one attached hydrogen (secondary N) is 1. The van der Waals surface area contributed by atoms with Crippen LogP contribution in [-0.2, 0) is 4.74 Å². The van der Waals surface area contributed by atoms with Crippen molar-refractivity contribution >= 4 is 5.97 Å². The summed E-state index contributed by atoms with van der Waals surface area (Å²) >= 11 is 0. The van der Waals surface area contributed by atoms with Gasteiger partial charge in [0.15, 0.2) is 0 Å². The van der Waals surface area contributed by atoms with Crippen molar-refractivity contribution in [2.24, 2.45) is 11.8 Å². The van der Waals surface area contributed by atoms with Gasteiger partial charge in [-0.1, -0.05) is 0 Å². The molecule has 1 unspecified atom stereocenters. The minimum absolute atomic E-state index is 0.143. The van der Waals surface area contributed by atoms with E-state index in [1.165, 1.54) is 32.8 Å². The molecule has 104 valence electrons. The average Bonchev–Trinajstić information content (AvgIpc) is 3.33. The van der Waals surface area contributed by atoms with Crippen LogP contribution in [0.2, 0.25) is 0 Å². The maximum atomic E-state index is 11.4. The van der Waals surface area contributed by atoms with Crippen LogP contribution in [0.5, 0.6) is 0 Å². The van der Waals surface area contributed by atoms with Gasteiger partial charge < -0.3 is 14.5 Å². The van der Waals surface area contributed by atoms with Gasteiger partial charge in [0.1, 0.15) is 5.76 Å². The molecule has 19 heavy (non-hydrogen) atoms. The highest BCUT2D eigenvalue weighted by molar-refractivity contribution is 5.86. The molecule has 1 heterocycles. The number of hydrogen-bond acceptors (Lipinski definition) is 4. The molecule has 1 atom stereocenters. The number of esters is 1. The molecule has 0 aliphatic heterocycles. The average molecular weight is 263 g/mol. The lowest BCUT2D eigenvalue weighted by atomic mass is 10.1. The minimum atomic E-state index is -0.417. The Labute approximate surface area is 113 Å². The summed E-state index contributed by atoms with van der Waals surface area (Å²) in [7, 11) is 1.36. The maximum absolute atomic E-state index is 11.4. The smallest absolute Gasteiger partial charge is 0.373 e. The van der Waals surface area contributed by atoms with Gasteiger partial charge in [-0.25, -0.2) is 4.79 Å². The second-order valence-corrected chi connectivity index (χ2v) is 5.78. The molecule has 2 aliphatic rings. The Morgan fingerprint density at radius 2 is 1.95 bits per heavy atom. The second kappa shape index (κ2) is 5.00. The van der Waals surface area contributed by atoms with Crippen LogP contribution < -0.4 is 5.32 Å². The molecule has 3 rings (SSSR count). The fraction of sp³-hybridized carbons (Fsp3) is 0.667. The Balaban J connectivity index is 1.64. The molecule has 4 heteroatoms. The number of furan rings is 1. The lowest BCUT2D eigenvalue weighted by molar-refractivity contribution is 0.0562. The first kappa shape index (κ1) is 12.7.